The molecule has 0 aliphatic heterocycles. The summed E-state index contributed by atoms with van der Waals surface area (Å²) < 4.78 is 39.4. The number of phenols is 1. The molecule has 3 nitrogen and oxygen atoms in total. The summed E-state index contributed by atoms with van der Waals surface area (Å²) >= 11 is 1.47. The number of nitrogens with zero attached hydrogens (tertiary/aromatic N) is 1. The SMILES string of the molecule is O=C(CCC(F)(F)F)N(Cc1cc2ccccc2s1)c1cccc(-c2ccccc2)c1O. The molecule has 164 valence electrons. The number of fused-ring (bicyclic) bond motifs is 1. The van der Waals surface area contributed by atoms with Gasteiger partial charge in [0.05, 0.1) is 18.7 Å². The van der Waals surface area contributed by atoms with Gasteiger partial charge in [0, 0.05) is 21.6 Å². The summed E-state index contributed by atoms with van der Waals surface area (Å²) in [6.07, 6.45) is -6.34. The third-order valence-corrected chi connectivity index (χ3v) is 6.21. The van der Waals surface area contributed by atoms with E-state index in [4.69, 9.17) is 0 Å². The highest BCUT2D eigenvalue weighted by molar-refractivity contribution is 7.19. The Kier molecular flexibility index (Phi) is 6.19. The lowest BCUT2D eigenvalue weighted by Crippen LogP contribution is -2.31. The number of thiophene rings is 1. The third-order valence-electron chi connectivity index (χ3n) is 5.10. The minimum Gasteiger partial charge on any atom is -0.505 e. The molecular weight excluding hydrogens is 435 g/mol. The monoisotopic (exact) mass is 455 g/mol. The molecule has 1 amide bonds. The molecule has 4 aromatic rings. The molecule has 0 aliphatic carbocycles. The van der Waals surface area contributed by atoms with E-state index in [1.165, 1.54) is 16.2 Å². The van der Waals surface area contributed by atoms with Crippen molar-refractivity contribution in [3.8, 4) is 16.9 Å². The van der Waals surface area contributed by atoms with Gasteiger partial charge in [0.2, 0.25) is 5.91 Å². The molecule has 1 heterocycles. The van der Waals surface area contributed by atoms with Gasteiger partial charge in [-0.3, -0.25) is 4.79 Å². The molecule has 0 fully saturated rings. The number of hydrogen-bond acceptors (Lipinski definition) is 3. The van der Waals surface area contributed by atoms with Crippen LogP contribution in [0, 0.1) is 0 Å². The first-order valence-electron chi connectivity index (χ1n) is 10.0. The predicted molar refractivity (Wildman–Crippen MR) is 122 cm³/mol. The predicted octanol–water partition coefficient (Wildman–Crippen LogP) is 7.15. The van der Waals surface area contributed by atoms with Gasteiger partial charge in [0.1, 0.15) is 5.75 Å². The molecule has 1 aromatic heterocycles. The van der Waals surface area contributed by atoms with Crippen LogP contribution in [0.25, 0.3) is 21.2 Å². The van der Waals surface area contributed by atoms with Gasteiger partial charge in [0.15, 0.2) is 0 Å². The van der Waals surface area contributed by atoms with Crippen molar-refractivity contribution >= 4 is 33.0 Å². The molecule has 4 rings (SSSR count). The van der Waals surface area contributed by atoms with Crippen LogP contribution < -0.4 is 4.90 Å². The van der Waals surface area contributed by atoms with E-state index in [0.29, 0.717) is 5.56 Å². The fraction of sp³-hybridized carbons (Fsp3) is 0.160. The second kappa shape index (κ2) is 9.04. The Morgan fingerprint density at radius 2 is 1.66 bits per heavy atom. The molecule has 0 aliphatic rings. The Morgan fingerprint density at radius 1 is 0.938 bits per heavy atom. The van der Waals surface area contributed by atoms with Crippen LogP contribution in [0.1, 0.15) is 17.7 Å². The number of aromatic hydroxyl groups is 1. The third kappa shape index (κ3) is 4.94. The van der Waals surface area contributed by atoms with Crippen molar-refractivity contribution in [2.24, 2.45) is 0 Å². The Labute approximate surface area is 187 Å². The Hall–Kier alpha value is -3.32. The van der Waals surface area contributed by atoms with Crippen LogP contribution in [0.3, 0.4) is 0 Å². The van der Waals surface area contributed by atoms with Crippen LogP contribution in [0.15, 0.2) is 78.9 Å². The molecule has 7 heteroatoms. The number of carbonyl (C=O) groups excluding carboxylic acids is 1. The van der Waals surface area contributed by atoms with Gasteiger partial charge in [0.25, 0.3) is 0 Å². The average Bonchev–Trinajstić information content (AvgIpc) is 3.19. The van der Waals surface area contributed by atoms with E-state index < -0.39 is 24.9 Å². The molecule has 0 atom stereocenters. The van der Waals surface area contributed by atoms with E-state index in [-0.39, 0.29) is 18.0 Å². The lowest BCUT2D eigenvalue weighted by molar-refractivity contribution is -0.143. The second-order valence-electron chi connectivity index (χ2n) is 7.38. The standard InChI is InChI=1S/C25H20F3NO2S/c26-25(27,28)14-13-23(30)29(16-19-15-18-9-4-5-12-22(18)32-19)21-11-6-10-20(24(21)31)17-7-2-1-3-8-17/h1-12,15,31H,13-14,16H2. The minimum atomic E-state index is -4.44. The topological polar surface area (TPSA) is 40.5 Å². The molecule has 0 spiro atoms. The summed E-state index contributed by atoms with van der Waals surface area (Å²) in [6.45, 7) is 0.0713. The summed E-state index contributed by atoms with van der Waals surface area (Å²) in [5.74, 6) is -0.833. The first kappa shape index (κ1) is 21.9. The highest BCUT2D eigenvalue weighted by atomic mass is 32.1. The van der Waals surface area contributed by atoms with E-state index in [0.717, 1.165) is 20.5 Å². The number of halogens is 3. The van der Waals surface area contributed by atoms with Crippen molar-refractivity contribution in [1.29, 1.82) is 0 Å². The Balaban J connectivity index is 1.72. The van der Waals surface area contributed by atoms with Gasteiger partial charge in [-0.1, -0.05) is 60.7 Å². The van der Waals surface area contributed by atoms with Crippen molar-refractivity contribution in [2.45, 2.75) is 25.6 Å². The Bertz CT molecular complexity index is 1200. The number of rotatable bonds is 6. The van der Waals surface area contributed by atoms with Crippen LogP contribution in [-0.4, -0.2) is 17.2 Å². The first-order chi connectivity index (χ1) is 15.3. The summed E-state index contributed by atoms with van der Waals surface area (Å²) in [6, 6.07) is 23.7. The van der Waals surface area contributed by atoms with Gasteiger partial charge in [-0.2, -0.15) is 13.2 Å². The van der Waals surface area contributed by atoms with Crippen molar-refractivity contribution in [3.05, 3.63) is 83.7 Å². The zero-order valence-electron chi connectivity index (χ0n) is 17.0. The second-order valence-corrected chi connectivity index (χ2v) is 8.55. The quantitative estimate of drug-likeness (QED) is 0.335. The van der Waals surface area contributed by atoms with Crippen molar-refractivity contribution in [2.75, 3.05) is 4.90 Å². The summed E-state index contributed by atoms with van der Waals surface area (Å²) in [7, 11) is 0. The number of benzene rings is 3. The Morgan fingerprint density at radius 3 is 2.38 bits per heavy atom. The van der Waals surface area contributed by atoms with Crippen LogP contribution >= 0.6 is 11.3 Å². The average molecular weight is 456 g/mol. The summed E-state index contributed by atoms with van der Waals surface area (Å²) in [5.41, 5.74) is 1.44. The maximum atomic E-state index is 12.9. The van der Waals surface area contributed by atoms with E-state index >= 15 is 0 Å². The number of anilines is 1. The molecule has 0 bridgehead atoms. The number of hydrogen-bond donors (Lipinski definition) is 1. The highest BCUT2D eigenvalue weighted by Crippen LogP contribution is 2.39. The molecule has 0 saturated carbocycles. The maximum Gasteiger partial charge on any atom is 0.389 e. The van der Waals surface area contributed by atoms with Gasteiger partial charge in [-0.25, -0.2) is 0 Å². The number of carbonyl (C=O) groups is 1. The fourth-order valence-electron chi connectivity index (χ4n) is 3.56. The smallest absolute Gasteiger partial charge is 0.389 e. The van der Waals surface area contributed by atoms with E-state index in [1.807, 2.05) is 60.7 Å². The summed E-state index contributed by atoms with van der Waals surface area (Å²) in [5, 5.41) is 12.0. The van der Waals surface area contributed by atoms with Gasteiger partial charge in [-0.15, -0.1) is 11.3 Å². The van der Waals surface area contributed by atoms with E-state index in [2.05, 4.69) is 0 Å². The lowest BCUT2D eigenvalue weighted by atomic mass is 10.0. The van der Waals surface area contributed by atoms with Gasteiger partial charge >= 0.3 is 6.18 Å². The van der Waals surface area contributed by atoms with Crippen molar-refractivity contribution in [1.82, 2.24) is 0 Å². The van der Waals surface area contributed by atoms with Crippen LogP contribution in [0.5, 0.6) is 5.75 Å². The highest BCUT2D eigenvalue weighted by Gasteiger charge is 2.30. The largest absolute Gasteiger partial charge is 0.505 e. The molecule has 1 N–H and O–H groups in total. The normalized spacial score (nSPS) is 11.6. The minimum absolute atomic E-state index is 0.0713. The van der Waals surface area contributed by atoms with Crippen LogP contribution in [0.4, 0.5) is 18.9 Å². The zero-order valence-corrected chi connectivity index (χ0v) is 17.8. The van der Waals surface area contributed by atoms with E-state index in [9.17, 15) is 23.1 Å². The molecule has 0 saturated heterocycles. The van der Waals surface area contributed by atoms with E-state index in [1.54, 1.807) is 18.2 Å². The van der Waals surface area contributed by atoms with Crippen LogP contribution in [0.2, 0.25) is 0 Å². The van der Waals surface area contributed by atoms with Crippen LogP contribution in [-0.2, 0) is 11.3 Å². The lowest BCUT2D eigenvalue weighted by Gasteiger charge is -2.24. The maximum absolute atomic E-state index is 12.9. The fourth-order valence-corrected chi connectivity index (χ4v) is 4.62. The van der Waals surface area contributed by atoms with Crippen molar-refractivity contribution in [3.63, 3.8) is 0 Å². The number of alkyl halides is 3. The van der Waals surface area contributed by atoms with Crippen molar-refractivity contribution < 1.29 is 23.1 Å². The zero-order chi connectivity index (χ0) is 22.7. The molecule has 0 unspecified atom stereocenters. The summed E-state index contributed by atoms with van der Waals surface area (Å²) in [4.78, 5) is 15.0. The van der Waals surface area contributed by atoms with Gasteiger partial charge < -0.3 is 10.0 Å². The van der Waals surface area contributed by atoms with Gasteiger partial charge in [-0.05, 0) is 29.1 Å². The molecule has 3 aromatic carbocycles. The number of amides is 1. The number of phenolic OH excluding ortho intramolecular Hbond substituents is 1. The number of para-hydroxylation sites is 1. The molecular formula is C25H20F3NO2S. The first-order valence-corrected chi connectivity index (χ1v) is 10.9. The molecule has 0 radical (unpaired) electrons. The molecule has 32 heavy (non-hydrogen) atoms.